The van der Waals surface area contributed by atoms with Crippen LogP contribution in [0.3, 0.4) is 0 Å². The molecule has 1 amide bonds. The number of aromatic nitrogens is 3. The Labute approximate surface area is 197 Å². The maximum Gasteiger partial charge on any atom is 0.416 e. The highest BCUT2D eigenvalue weighted by Gasteiger charge is 2.30. The minimum Gasteiger partial charge on any atom is -0.359 e. The minimum atomic E-state index is -4.44. The summed E-state index contributed by atoms with van der Waals surface area (Å²) in [5.74, 6) is -0.517. The number of thiazole rings is 1. The molecule has 0 saturated heterocycles. The van der Waals surface area contributed by atoms with Crippen molar-refractivity contribution in [3.63, 3.8) is 0 Å². The van der Waals surface area contributed by atoms with Crippen LogP contribution in [0.5, 0.6) is 0 Å². The van der Waals surface area contributed by atoms with Crippen LogP contribution in [0.25, 0.3) is 27.5 Å². The van der Waals surface area contributed by atoms with Gasteiger partial charge in [0.1, 0.15) is 5.82 Å². The van der Waals surface area contributed by atoms with Crippen molar-refractivity contribution in [2.45, 2.75) is 25.9 Å². The Balaban J connectivity index is 1.74. The van der Waals surface area contributed by atoms with Crippen molar-refractivity contribution in [2.75, 3.05) is 7.05 Å². The summed E-state index contributed by atoms with van der Waals surface area (Å²) in [6.07, 6.45) is -2.13. The van der Waals surface area contributed by atoms with Gasteiger partial charge in [0.25, 0.3) is 0 Å². The second-order valence-corrected chi connectivity index (χ2v) is 8.66. The van der Waals surface area contributed by atoms with Crippen molar-refractivity contribution in [1.29, 1.82) is 0 Å². The van der Waals surface area contributed by atoms with Crippen molar-refractivity contribution < 1.29 is 22.4 Å². The lowest BCUT2D eigenvalue weighted by atomic mass is 10.1. The molecule has 4 rings (SSSR count). The molecule has 0 aliphatic carbocycles. The Morgan fingerprint density at radius 2 is 1.85 bits per heavy atom. The molecule has 1 N–H and O–H groups in total. The Morgan fingerprint density at radius 1 is 1.12 bits per heavy atom. The number of benzene rings is 2. The molecule has 0 saturated carbocycles. The van der Waals surface area contributed by atoms with Crippen LogP contribution < -0.4 is 5.32 Å². The highest BCUT2D eigenvalue weighted by molar-refractivity contribution is 7.14. The molecule has 2 aromatic carbocycles. The van der Waals surface area contributed by atoms with Crippen LogP contribution in [0.4, 0.5) is 17.6 Å². The van der Waals surface area contributed by atoms with Crippen LogP contribution in [-0.4, -0.2) is 27.7 Å². The summed E-state index contributed by atoms with van der Waals surface area (Å²) in [5.41, 5.74) is 2.33. The monoisotopic (exact) mass is 488 g/mol. The number of hydrogen-bond donors (Lipinski definition) is 1. The zero-order chi connectivity index (χ0) is 24.5. The SMILES string of the molecule is CNC(=O)CCc1sc(-n2cc(-c3cccc(F)c3)c(C)n2)nc1-c1ccc(C(F)(F)F)cc1. The molecule has 0 aliphatic rings. The quantitative estimate of drug-likeness (QED) is 0.349. The third-order valence-electron chi connectivity index (χ3n) is 5.26. The highest BCUT2D eigenvalue weighted by Crippen LogP contribution is 2.35. The van der Waals surface area contributed by atoms with Gasteiger partial charge in [-0.05, 0) is 43.2 Å². The van der Waals surface area contributed by atoms with Gasteiger partial charge in [0.2, 0.25) is 11.0 Å². The fourth-order valence-corrected chi connectivity index (χ4v) is 4.51. The van der Waals surface area contributed by atoms with E-state index in [1.54, 1.807) is 29.9 Å². The average Bonchev–Trinajstić information content (AvgIpc) is 3.40. The van der Waals surface area contributed by atoms with Crippen LogP contribution in [-0.2, 0) is 17.4 Å². The molecule has 0 fully saturated rings. The molecule has 0 spiro atoms. The number of carbonyl (C=O) groups is 1. The largest absolute Gasteiger partial charge is 0.416 e. The van der Waals surface area contributed by atoms with Crippen LogP contribution in [0.2, 0.25) is 0 Å². The van der Waals surface area contributed by atoms with Crippen molar-refractivity contribution in [3.8, 4) is 27.5 Å². The van der Waals surface area contributed by atoms with Gasteiger partial charge in [-0.15, -0.1) is 0 Å². The summed E-state index contributed by atoms with van der Waals surface area (Å²) in [6, 6.07) is 10.9. The number of nitrogens with zero attached hydrogens (tertiary/aromatic N) is 3. The third-order valence-corrected chi connectivity index (χ3v) is 6.36. The molecule has 0 aliphatic heterocycles. The zero-order valence-electron chi connectivity index (χ0n) is 18.3. The molecule has 5 nitrogen and oxygen atoms in total. The zero-order valence-corrected chi connectivity index (χ0v) is 19.1. The first kappa shape index (κ1) is 23.6. The molecule has 34 heavy (non-hydrogen) atoms. The van der Waals surface area contributed by atoms with Crippen molar-refractivity contribution in [2.24, 2.45) is 0 Å². The van der Waals surface area contributed by atoms with Crippen molar-refractivity contribution >= 4 is 17.2 Å². The van der Waals surface area contributed by atoms with E-state index in [1.807, 2.05) is 0 Å². The van der Waals surface area contributed by atoms with Gasteiger partial charge < -0.3 is 5.32 Å². The molecule has 0 unspecified atom stereocenters. The first-order valence-electron chi connectivity index (χ1n) is 10.4. The summed E-state index contributed by atoms with van der Waals surface area (Å²) >= 11 is 1.30. The number of aryl methyl sites for hydroxylation is 2. The van der Waals surface area contributed by atoms with Crippen LogP contribution >= 0.6 is 11.3 Å². The smallest absolute Gasteiger partial charge is 0.359 e. The fourth-order valence-electron chi connectivity index (χ4n) is 3.50. The summed E-state index contributed by atoms with van der Waals surface area (Å²) in [7, 11) is 1.54. The molecular formula is C24H20F4N4OS. The lowest BCUT2D eigenvalue weighted by molar-refractivity contribution is -0.137. The van der Waals surface area contributed by atoms with Gasteiger partial charge in [0.05, 0.1) is 17.0 Å². The maximum atomic E-state index is 13.7. The number of amides is 1. The van der Waals surface area contributed by atoms with E-state index < -0.39 is 11.7 Å². The van der Waals surface area contributed by atoms with E-state index in [0.717, 1.165) is 22.6 Å². The Morgan fingerprint density at radius 3 is 2.50 bits per heavy atom. The number of carbonyl (C=O) groups excluding carboxylic acids is 1. The predicted molar refractivity (Wildman–Crippen MR) is 122 cm³/mol. The van der Waals surface area contributed by atoms with E-state index in [-0.39, 0.29) is 18.1 Å². The number of alkyl halides is 3. The predicted octanol–water partition coefficient (Wildman–Crippen LogP) is 5.81. The lowest BCUT2D eigenvalue weighted by Gasteiger charge is -2.07. The van der Waals surface area contributed by atoms with Gasteiger partial charge in [-0.1, -0.05) is 35.6 Å². The second kappa shape index (κ2) is 9.38. The molecule has 10 heteroatoms. The Hall–Kier alpha value is -3.53. The van der Waals surface area contributed by atoms with Gasteiger partial charge in [0.15, 0.2) is 0 Å². The number of nitrogens with one attached hydrogen (secondary N) is 1. The van der Waals surface area contributed by atoms with E-state index in [9.17, 15) is 22.4 Å². The molecule has 176 valence electrons. The third kappa shape index (κ3) is 5.01. The normalized spacial score (nSPS) is 11.6. The van der Waals surface area contributed by atoms with E-state index in [4.69, 9.17) is 0 Å². The molecule has 0 bridgehead atoms. The second-order valence-electron chi connectivity index (χ2n) is 7.60. The van der Waals surface area contributed by atoms with Crippen molar-refractivity contribution in [3.05, 3.63) is 76.7 Å². The number of halogens is 4. The summed E-state index contributed by atoms with van der Waals surface area (Å²) < 4.78 is 54.2. The lowest BCUT2D eigenvalue weighted by Crippen LogP contribution is -2.17. The van der Waals surface area contributed by atoms with Crippen LogP contribution in [0.1, 0.15) is 22.6 Å². The van der Waals surface area contributed by atoms with E-state index in [1.165, 1.54) is 42.6 Å². The minimum absolute atomic E-state index is 0.156. The number of hydrogen-bond acceptors (Lipinski definition) is 4. The average molecular weight is 489 g/mol. The molecule has 0 atom stereocenters. The van der Waals surface area contributed by atoms with E-state index in [0.29, 0.717) is 34.1 Å². The molecule has 0 radical (unpaired) electrons. The van der Waals surface area contributed by atoms with Gasteiger partial charge in [-0.3, -0.25) is 4.79 Å². The Bertz CT molecular complexity index is 1330. The summed E-state index contributed by atoms with van der Waals surface area (Å²) in [6.45, 7) is 1.80. The van der Waals surface area contributed by atoms with Crippen LogP contribution in [0, 0.1) is 12.7 Å². The van der Waals surface area contributed by atoms with Gasteiger partial charge in [0, 0.05) is 35.7 Å². The fraction of sp³-hybridized carbons (Fsp3) is 0.208. The van der Waals surface area contributed by atoms with Gasteiger partial charge >= 0.3 is 6.18 Å². The van der Waals surface area contributed by atoms with E-state index >= 15 is 0 Å². The molecule has 4 aromatic rings. The standard InChI is InChI=1S/C24H20F4N4OS/c1-14-19(16-4-3-5-18(25)12-16)13-32(31-14)23-30-22(20(34-23)10-11-21(33)29-2)15-6-8-17(9-7-15)24(26,27)28/h3-9,12-13H,10-11H2,1-2H3,(H,29,33). The summed E-state index contributed by atoms with van der Waals surface area (Å²) in [5, 5.41) is 7.56. The molecule has 2 heterocycles. The molecular weight excluding hydrogens is 468 g/mol. The van der Waals surface area contributed by atoms with E-state index in [2.05, 4.69) is 15.4 Å². The van der Waals surface area contributed by atoms with Gasteiger partial charge in [-0.2, -0.15) is 18.3 Å². The Kier molecular flexibility index (Phi) is 6.52. The first-order chi connectivity index (χ1) is 16.2. The van der Waals surface area contributed by atoms with Crippen molar-refractivity contribution in [1.82, 2.24) is 20.1 Å². The van der Waals surface area contributed by atoms with Gasteiger partial charge in [-0.25, -0.2) is 14.1 Å². The summed E-state index contributed by atoms with van der Waals surface area (Å²) in [4.78, 5) is 17.2. The van der Waals surface area contributed by atoms with Crippen LogP contribution in [0.15, 0.2) is 54.7 Å². The highest BCUT2D eigenvalue weighted by atomic mass is 32.1. The maximum absolute atomic E-state index is 13.7. The first-order valence-corrected chi connectivity index (χ1v) is 11.2. The molecule has 2 aromatic heterocycles. The number of rotatable bonds is 6. The topological polar surface area (TPSA) is 59.8 Å².